The molecule has 116 valence electrons. The van der Waals surface area contributed by atoms with Crippen LogP contribution in [0.2, 0.25) is 0 Å². The molecule has 1 aromatic heterocycles. The third-order valence-corrected chi connectivity index (χ3v) is 6.30. The van der Waals surface area contributed by atoms with Crippen molar-refractivity contribution in [1.29, 1.82) is 0 Å². The van der Waals surface area contributed by atoms with E-state index in [0.29, 0.717) is 0 Å². The predicted octanol–water partition coefficient (Wildman–Crippen LogP) is 4.66. The van der Waals surface area contributed by atoms with E-state index in [-0.39, 0.29) is 0 Å². The standard InChI is InChI=1S/C19H23NOS/c1-20(2)11-16-12-4-5-13(8-12)19(16)18-10-14-9-15(21-3)6-7-17(14)22-18/h6-7,9-10,12-13H,4-5,8,11H2,1-3H3. The Kier molecular flexibility index (Phi) is 3.50. The number of hydrogen-bond acceptors (Lipinski definition) is 3. The summed E-state index contributed by atoms with van der Waals surface area (Å²) in [6, 6.07) is 8.81. The van der Waals surface area contributed by atoms with Crippen LogP contribution in [-0.2, 0) is 0 Å². The van der Waals surface area contributed by atoms with Gasteiger partial charge >= 0.3 is 0 Å². The number of likely N-dealkylation sites (N-methyl/N-ethyl adjacent to an activating group) is 1. The Morgan fingerprint density at radius 3 is 2.77 bits per heavy atom. The number of hydrogen-bond donors (Lipinski definition) is 0. The van der Waals surface area contributed by atoms with Crippen LogP contribution in [0.3, 0.4) is 0 Å². The summed E-state index contributed by atoms with van der Waals surface area (Å²) >= 11 is 1.95. The molecule has 3 heteroatoms. The van der Waals surface area contributed by atoms with Crippen molar-refractivity contribution in [3.8, 4) is 5.75 Å². The van der Waals surface area contributed by atoms with E-state index in [0.717, 1.165) is 24.1 Å². The molecule has 0 radical (unpaired) electrons. The Morgan fingerprint density at radius 2 is 2.00 bits per heavy atom. The van der Waals surface area contributed by atoms with E-state index >= 15 is 0 Å². The summed E-state index contributed by atoms with van der Waals surface area (Å²) in [5, 5.41) is 1.32. The highest BCUT2D eigenvalue weighted by Crippen LogP contribution is 2.54. The average Bonchev–Trinajstić information content (AvgIpc) is 3.19. The molecule has 2 nitrogen and oxygen atoms in total. The number of thiophene rings is 1. The number of benzene rings is 1. The molecule has 2 bridgehead atoms. The van der Waals surface area contributed by atoms with Crippen LogP contribution in [0, 0.1) is 11.8 Å². The van der Waals surface area contributed by atoms with Gasteiger partial charge in [-0.05, 0) is 86.0 Å². The predicted molar refractivity (Wildman–Crippen MR) is 94.7 cm³/mol. The molecule has 0 saturated heterocycles. The van der Waals surface area contributed by atoms with Gasteiger partial charge in [0.15, 0.2) is 0 Å². The second-order valence-corrected chi connectivity index (χ2v) is 7.98. The zero-order valence-corrected chi connectivity index (χ0v) is 14.4. The molecular formula is C19H23NOS. The maximum Gasteiger partial charge on any atom is 0.119 e. The summed E-state index contributed by atoms with van der Waals surface area (Å²) in [4.78, 5) is 3.82. The quantitative estimate of drug-likeness (QED) is 0.814. The molecule has 1 aromatic carbocycles. The van der Waals surface area contributed by atoms with Crippen molar-refractivity contribution in [3.05, 3.63) is 34.7 Å². The van der Waals surface area contributed by atoms with Gasteiger partial charge in [-0.1, -0.05) is 0 Å². The van der Waals surface area contributed by atoms with Crippen LogP contribution in [-0.4, -0.2) is 32.6 Å². The SMILES string of the molecule is COc1ccc2sc(C3=C(CN(C)C)C4CCC3C4)cc2c1. The molecule has 1 saturated carbocycles. The summed E-state index contributed by atoms with van der Waals surface area (Å²) in [7, 11) is 6.11. The average molecular weight is 313 g/mol. The molecule has 2 aliphatic rings. The van der Waals surface area contributed by atoms with Gasteiger partial charge in [-0.15, -0.1) is 11.3 Å². The molecule has 0 aliphatic heterocycles. The van der Waals surface area contributed by atoms with Gasteiger partial charge < -0.3 is 9.64 Å². The van der Waals surface area contributed by atoms with Crippen molar-refractivity contribution in [2.45, 2.75) is 19.3 Å². The minimum atomic E-state index is 0.801. The molecule has 1 heterocycles. The first kappa shape index (κ1) is 14.3. The molecule has 0 spiro atoms. The van der Waals surface area contributed by atoms with Crippen LogP contribution in [0.5, 0.6) is 5.75 Å². The maximum atomic E-state index is 5.37. The molecule has 0 amide bonds. The topological polar surface area (TPSA) is 12.5 Å². The van der Waals surface area contributed by atoms with Gasteiger partial charge in [0.05, 0.1) is 7.11 Å². The second kappa shape index (κ2) is 5.39. The summed E-state index contributed by atoms with van der Waals surface area (Å²) in [6.45, 7) is 1.12. The maximum absolute atomic E-state index is 5.37. The zero-order valence-electron chi connectivity index (χ0n) is 13.6. The minimum absolute atomic E-state index is 0.801. The van der Waals surface area contributed by atoms with E-state index in [1.54, 1.807) is 18.3 Å². The second-order valence-electron chi connectivity index (χ2n) is 6.90. The van der Waals surface area contributed by atoms with Gasteiger partial charge in [0, 0.05) is 16.1 Å². The summed E-state index contributed by atoms with van der Waals surface area (Å²) in [5.41, 5.74) is 3.38. The molecule has 4 rings (SSSR count). The van der Waals surface area contributed by atoms with Crippen LogP contribution in [0.15, 0.2) is 29.8 Å². The molecule has 2 aliphatic carbocycles. The highest BCUT2D eigenvalue weighted by Gasteiger charge is 2.39. The Labute approximate surface area is 136 Å². The van der Waals surface area contributed by atoms with E-state index in [1.165, 1.54) is 34.2 Å². The number of fused-ring (bicyclic) bond motifs is 3. The van der Waals surface area contributed by atoms with Crippen LogP contribution in [0.1, 0.15) is 24.1 Å². The van der Waals surface area contributed by atoms with Crippen molar-refractivity contribution in [1.82, 2.24) is 4.90 Å². The number of allylic oxidation sites excluding steroid dienone is 1. The summed E-state index contributed by atoms with van der Waals surface area (Å²) < 4.78 is 6.74. The smallest absolute Gasteiger partial charge is 0.119 e. The Hall–Kier alpha value is -1.32. The number of ether oxygens (including phenoxy) is 1. The first-order valence-electron chi connectivity index (χ1n) is 8.11. The summed E-state index contributed by atoms with van der Waals surface area (Å²) in [6.07, 6.45) is 4.17. The normalized spacial score (nSPS) is 24.0. The molecule has 1 fully saturated rings. The van der Waals surface area contributed by atoms with Gasteiger partial charge in [-0.25, -0.2) is 0 Å². The fourth-order valence-electron chi connectivity index (χ4n) is 4.24. The number of methoxy groups -OCH3 is 1. The molecular weight excluding hydrogens is 290 g/mol. The lowest BCUT2D eigenvalue weighted by molar-refractivity contribution is 0.415. The van der Waals surface area contributed by atoms with Crippen LogP contribution in [0.25, 0.3) is 15.7 Å². The molecule has 2 atom stereocenters. The lowest BCUT2D eigenvalue weighted by atomic mass is 9.90. The van der Waals surface area contributed by atoms with Crippen molar-refractivity contribution in [3.63, 3.8) is 0 Å². The number of nitrogens with zero attached hydrogens (tertiary/aromatic N) is 1. The third-order valence-electron chi connectivity index (χ3n) is 5.16. The van der Waals surface area contributed by atoms with Gasteiger partial charge in [-0.3, -0.25) is 0 Å². The van der Waals surface area contributed by atoms with Crippen molar-refractivity contribution in [2.75, 3.05) is 27.7 Å². The fraction of sp³-hybridized carbons (Fsp3) is 0.474. The third kappa shape index (κ3) is 2.27. The van der Waals surface area contributed by atoms with Crippen LogP contribution < -0.4 is 4.74 Å². The van der Waals surface area contributed by atoms with E-state index in [9.17, 15) is 0 Å². The van der Waals surface area contributed by atoms with Gasteiger partial charge in [0.2, 0.25) is 0 Å². The molecule has 2 unspecified atom stereocenters. The van der Waals surface area contributed by atoms with E-state index in [2.05, 4.69) is 43.3 Å². The Morgan fingerprint density at radius 1 is 1.18 bits per heavy atom. The summed E-state index contributed by atoms with van der Waals surface area (Å²) in [5.74, 6) is 2.59. The zero-order chi connectivity index (χ0) is 15.3. The van der Waals surface area contributed by atoms with Gasteiger partial charge in [0.1, 0.15) is 5.75 Å². The monoisotopic (exact) mass is 313 g/mol. The lowest BCUT2D eigenvalue weighted by Crippen LogP contribution is -2.19. The van der Waals surface area contributed by atoms with E-state index in [4.69, 9.17) is 4.74 Å². The minimum Gasteiger partial charge on any atom is -0.497 e. The highest BCUT2D eigenvalue weighted by molar-refractivity contribution is 7.20. The van der Waals surface area contributed by atoms with Gasteiger partial charge in [0.25, 0.3) is 0 Å². The molecule has 0 N–H and O–H groups in total. The Bertz CT molecular complexity index is 743. The van der Waals surface area contributed by atoms with E-state index < -0.39 is 0 Å². The first-order valence-corrected chi connectivity index (χ1v) is 8.93. The first-order chi connectivity index (χ1) is 10.7. The highest BCUT2D eigenvalue weighted by atomic mass is 32.1. The van der Waals surface area contributed by atoms with Crippen molar-refractivity contribution >= 4 is 27.0 Å². The largest absolute Gasteiger partial charge is 0.497 e. The fourth-order valence-corrected chi connectivity index (χ4v) is 5.44. The molecule has 22 heavy (non-hydrogen) atoms. The number of rotatable bonds is 4. The van der Waals surface area contributed by atoms with Crippen LogP contribution >= 0.6 is 11.3 Å². The van der Waals surface area contributed by atoms with Gasteiger partial charge in [-0.2, -0.15) is 0 Å². The van der Waals surface area contributed by atoms with Crippen molar-refractivity contribution < 1.29 is 4.74 Å². The van der Waals surface area contributed by atoms with E-state index in [1.807, 2.05) is 11.3 Å². The van der Waals surface area contributed by atoms with Crippen molar-refractivity contribution in [2.24, 2.45) is 11.8 Å². The molecule has 2 aromatic rings. The Balaban J connectivity index is 1.80. The lowest BCUT2D eigenvalue weighted by Gasteiger charge is -2.22. The van der Waals surface area contributed by atoms with Crippen LogP contribution in [0.4, 0.5) is 0 Å².